The zero-order chi connectivity index (χ0) is 17.8. The summed E-state index contributed by atoms with van der Waals surface area (Å²) >= 11 is 12.1. The van der Waals surface area contributed by atoms with Gasteiger partial charge in [0.2, 0.25) is 12.3 Å². The van der Waals surface area contributed by atoms with Gasteiger partial charge in [-0.3, -0.25) is 4.79 Å². The number of amides is 1. The number of hydrogen-bond donors (Lipinski definition) is 1. The number of carbonyl (C=O) groups excluding carboxylic acids is 1. The molecule has 1 atom stereocenters. The largest absolute Gasteiger partial charge is 0.481 e. The van der Waals surface area contributed by atoms with Gasteiger partial charge in [0, 0.05) is 5.56 Å². The van der Waals surface area contributed by atoms with Gasteiger partial charge in [0.05, 0.1) is 15.7 Å². The van der Waals surface area contributed by atoms with Crippen molar-refractivity contribution in [1.29, 1.82) is 0 Å². The Bertz CT molecular complexity index is 847. The van der Waals surface area contributed by atoms with Crippen LogP contribution in [-0.2, 0) is 4.79 Å². The van der Waals surface area contributed by atoms with E-state index in [4.69, 9.17) is 32.4 Å². The Morgan fingerprint density at radius 2 is 1.84 bits per heavy atom. The molecule has 25 heavy (non-hydrogen) atoms. The van der Waals surface area contributed by atoms with E-state index in [1.807, 2.05) is 0 Å². The van der Waals surface area contributed by atoms with Crippen molar-refractivity contribution in [1.82, 2.24) is 10.2 Å². The van der Waals surface area contributed by atoms with Gasteiger partial charge in [0.15, 0.2) is 6.10 Å². The van der Waals surface area contributed by atoms with Gasteiger partial charge in [0.25, 0.3) is 5.91 Å². The molecule has 8 heteroatoms. The van der Waals surface area contributed by atoms with Gasteiger partial charge in [-0.15, -0.1) is 10.2 Å². The number of carbonyl (C=O) groups is 1. The number of ether oxygens (including phenoxy) is 1. The molecule has 0 saturated heterocycles. The van der Waals surface area contributed by atoms with Crippen LogP contribution in [0.5, 0.6) is 5.75 Å². The molecule has 0 bridgehead atoms. The number of para-hydroxylation sites is 1. The molecule has 2 aromatic carbocycles. The standard InChI is InChI=1S/C17H13Cl2N3O3/c1-10(16(23)21-15-13(18)3-2-4-14(15)19)25-12-7-5-11(6-8-12)17-22-20-9-24-17/h2-10H,1H3,(H,21,23)/t10-/m0/s1. The fourth-order valence-electron chi connectivity index (χ4n) is 2.07. The Morgan fingerprint density at radius 3 is 2.44 bits per heavy atom. The maximum atomic E-state index is 12.3. The van der Waals surface area contributed by atoms with Crippen LogP contribution < -0.4 is 10.1 Å². The minimum Gasteiger partial charge on any atom is -0.481 e. The summed E-state index contributed by atoms with van der Waals surface area (Å²) in [6, 6.07) is 11.9. The Morgan fingerprint density at radius 1 is 1.16 bits per heavy atom. The minimum absolute atomic E-state index is 0.358. The fraction of sp³-hybridized carbons (Fsp3) is 0.118. The first-order valence-corrected chi connectivity index (χ1v) is 8.08. The molecule has 0 aliphatic rings. The summed E-state index contributed by atoms with van der Waals surface area (Å²) in [6.45, 7) is 1.63. The number of nitrogens with one attached hydrogen (secondary N) is 1. The summed E-state index contributed by atoms with van der Waals surface area (Å²) in [5.74, 6) is 0.567. The number of anilines is 1. The van der Waals surface area contributed by atoms with E-state index in [1.165, 1.54) is 6.39 Å². The fourth-order valence-corrected chi connectivity index (χ4v) is 2.57. The Hall–Kier alpha value is -2.57. The van der Waals surface area contributed by atoms with E-state index in [2.05, 4.69) is 15.5 Å². The van der Waals surface area contributed by atoms with Crippen LogP contribution in [0.4, 0.5) is 5.69 Å². The second-order valence-corrected chi connectivity index (χ2v) is 5.93. The molecular formula is C17H13Cl2N3O3. The highest BCUT2D eigenvalue weighted by Crippen LogP contribution is 2.30. The van der Waals surface area contributed by atoms with Crippen LogP contribution >= 0.6 is 23.2 Å². The van der Waals surface area contributed by atoms with E-state index >= 15 is 0 Å². The number of hydrogen-bond acceptors (Lipinski definition) is 5. The van der Waals surface area contributed by atoms with E-state index < -0.39 is 6.10 Å². The Balaban J connectivity index is 1.65. The molecule has 1 heterocycles. The first-order valence-electron chi connectivity index (χ1n) is 7.32. The highest BCUT2D eigenvalue weighted by Gasteiger charge is 2.17. The summed E-state index contributed by atoms with van der Waals surface area (Å²) in [4.78, 5) is 12.3. The van der Waals surface area contributed by atoms with Gasteiger partial charge in [-0.1, -0.05) is 29.3 Å². The van der Waals surface area contributed by atoms with E-state index in [-0.39, 0.29) is 5.91 Å². The van der Waals surface area contributed by atoms with Crippen molar-refractivity contribution in [3.05, 3.63) is 58.9 Å². The van der Waals surface area contributed by atoms with Crippen LogP contribution in [0.3, 0.4) is 0 Å². The zero-order valence-corrected chi connectivity index (χ0v) is 14.6. The third-order valence-corrected chi connectivity index (χ3v) is 3.98. The third kappa shape index (κ3) is 4.10. The summed E-state index contributed by atoms with van der Waals surface area (Å²) in [6.07, 6.45) is 0.507. The lowest BCUT2D eigenvalue weighted by Gasteiger charge is -2.16. The number of halogens is 2. The maximum Gasteiger partial charge on any atom is 0.265 e. The molecule has 0 aliphatic carbocycles. The molecule has 0 unspecified atom stereocenters. The van der Waals surface area contributed by atoms with Crippen molar-refractivity contribution >= 4 is 34.8 Å². The lowest BCUT2D eigenvalue weighted by atomic mass is 10.2. The average Bonchev–Trinajstić information content (AvgIpc) is 3.13. The van der Waals surface area contributed by atoms with E-state index in [9.17, 15) is 4.79 Å². The molecule has 0 saturated carbocycles. The van der Waals surface area contributed by atoms with Gasteiger partial charge in [-0.2, -0.15) is 0 Å². The van der Waals surface area contributed by atoms with Crippen molar-refractivity contribution in [2.75, 3.05) is 5.32 Å². The molecule has 128 valence electrons. The molecule has 3 rings (SSSR count). The Labute approximate surface area is 153 Å². The lowest BCUT2D eigenvalue weighted by Crippen LogP contribution is -2.30. The van der Waals surface area contributed by atoms with E-state index in [0.717, 1.165) is 5.56 Å². The van der Waals surface area contributed by atoms with Crippen LogP contribution in [0, 0.1) is 0 Å². The summed E-state index contributed by atoms with van der Waals surface area (Å²) in [5, 5.41) is 10.8. The quantitative estimate of drug-likeness (QED) is 0.710. The number of nitrogens with zero attached hydrogens (tertiary/aromatic N) is 2. The summed E-state index contributed by atoms with van der Waals surface area (Å²) in [5.41, 5.74) is 1.11. The topological polar surface area (TPSA) is 77.2 Å². The molecule has 0 radical (unpaired) electrons. The highest BCUT2D eigenvalue weighted by molar-refractivity contribution is 6.39. The van der Waals surface area contributed by atoms with Crippen molar-refractivity contribution in [3.8, 4) is 17.2 Å². The molecule has 0 fully saturated rings. The summed E-state index contributed by atoms with van der Waals surface area (Å²) < 4.78 is 10.8. The van der Waals surface area contributed by atoms with Crippen LogP contribution in [0.2, 0.25) is 10.0 Å². The van der Waals surface area contributed by atoms with Crippen molar-refractivity contribution < 1.29 is 13.9 Å². The predicted octanol–water partition coefficient (Wildman–Crippen LogP) is 4.45. The third-order valence-electron chi connectivity index (χ3n) is 3.35. The van der Waals surface area contributed by atoms with Crippen molar-refractivity contribution in [2.45, 2.75) is 13.0 Å². The van der Waals surface area contributed by atoms with Gasteiger partial charge >= 0.3 is 0 Å². The van der Waals surface area contributed by atoms with Gasteiger partial charge < -0.3 is 14.5 Å². The van der Waals surface area contributed by atoms with Crippen LogP contribution in [0.1, 0.15) is 6.92 Å². The molecule has 1 amide bonds. The first kappa shape index (κ1) is 17.3. The molecule has 6 nitrogen and oxygen atoms in total. The van der Waals surface area contributed by atoms with E-state index in [1.54, 1.807) is 49.4 Å². The monoisotopic (exact) mass is 377 g/mol. The second kappa shape index (κ2) is 7.55. The van der Waals surface area contributed by atoms with Crippen molar-refractivity contribution in [2.24, 2.45) is 0 Å². The molecule has 3 aromatic rings. The molecule has 1 aromatic heterocycles. The second-order valence-electron chi connectivity index (χ2n) is 5.11. The number of rotatable bonds is 5. The smallest absolute Gasteiger partial charge is 0.265 e. The normalized spacial score (nSPS) is 11.8. The number of aromatic nitrogens is 2. The highest BCUT2D eigenvalue weighted by atomic mass is 35.5. The number of benzene rings is 2. The maximum absolute atomic E-state index is 12.3. The average molecular weight is 378 g/mol. The minimum atomic E-state index is -0.749. The van der Waals surface area contributed by atoms with Crippen LogP contribution in [0.25, 0.3) is 11.5 Å². The molecule has 0 aliphatic heterocycles. The zero-order valence-electron chi connectivity index (χ0n) is 13.1. The first-order chi connectivity index (χ1) is 12.0. The van der Waals surface area contributed by atoms with Gasteiger partial charge in [-0.05, 0) is 43.3 Å². The summed E-state index contributed by atoms with van der Waals surface area (Å²) in [7, 11) is 0. The SMILES string of the molecule is C[C@H](Oc1ccc(-c2nnco2)cc1)C(=O)Nc1c(Cl)cccc1Cl. The van der Waals surface area contributed by atoms with Gasteiger partial charge in [-0.25, -0.2) is 0 Å². The van der Waals surface area contributed by atoms with Gasteiger partial charge in [0.1, 0.15) is 5.75 Å². The predicted molar refractivity (Wildman–Crippen MR) is 94.9 cm³/mol. The molecule has 1 N–H and O–H groups in total. The molecular weight excluding hydrogens is 365 g/mol. The van der Waals surface area contributed by atoms with Crippen LogP contribution in [-0.4, -0.2) is 22.2 Å². The molecule has 0 spiro atoms. The Kier molecular flexibility index (Phi) is 5.21. The lowest BCUT2D eigenvalue weighted by molar-refractivity contribution is -0.122. The van der Waals surface area contributed by atoms with Crippen LogP contribution in [0.15, 0.2) is 53.3 Å². The van der Waals surface area contributed by atoms with E-state index in [0.29, 0.717) is 27.4 Å². The van der Waals surface area contributed by atoms with Crippen molar-refractivity contribution in [3.63, 3.8) is 0 Å².